The maximum atomic E-state index is 13.7. The van der Waals surface area contributed by atoms with Crippen LogP contribution in [0.25, 0.3) is 0 Å². The number of rotatable bonds is 6. The Morgan fingerprint density at radius 3 is 2.69 bits per heavy atom. The Labute approximate surface area is 173 Å². The molecule has 0 radical (unpaired) electrons. The summed E-state index contributed by atoms with van der Waals surface area (Å²) in [6.07, 6.45) is 0. The average Bonchev–Trinajstić information content (AvgIpc) is 2.71. The second-order valence-corrected chi connectivity index (χ2v) is 6.12. The Bertz CT molecular complexity index is 1010. The lowest BCUT2D eigenvalue weighted by atomic mass is 10.0. The molecule has 1 N–H and O–H groups in total. The largest absolute Gasteiger partial charge is 0.398 e. The van der Waals surface area contributed by atoms with Gasteiger partial charge < -0.3 is 15.0 Å². The predicted molar refractivity (Wildman–Crippen MR) is 110 cm³/mol. The van der Waals surface area contributed by atoms with E-state index in [0.29, 0.717) is 21.9 Å². The maximum Gasteiger partial charge on any atom is 0.273 e. The number of hydrogen-bond donors (Lipinski definition) is 1. The highest BCUT2D eigenvalue weighted by Gasteiger charge is 2.17. The van der Waals surface area contributed by atoms with Gasteiger partial charge in [0.2, 0.25) is 0 Å². The van der Waals surface area contributed by atoms with E-state index in [1.165, 1.54) is 26.3 Å². The molecule has 0 saturated carbocycles. The molecule has 0 unspecified atom stereocenters. The number of benzene rings is 2. The summed E-state index contributed by atoms with van der Waals surface area (Å²) in [7, 11) is 2.86. The van der Waals surface area contributed by atoms with Crippen LogP contribution in [-0.4, -0.2) is 31.5 Å². The first-order valence-corrected chi connectivity index (χ1v) is 8.89. The number of carbonyl (C=O) groups is 1. The standard InChI is InChI=1S/C21H19ClFN3O3/c1-14(8-9-15-10-11-17(22)12-19(15)23)25-29-13-16-6-4-5-7-18(16)20(26-28-3)21(27)24-2/h4-7,10-12H,13H2,1-3H3,(H,24,27)/b25-14+,26-20+. The van der Waals surface area contributed by atoms with Gasteiger partial charge >= 0.3 is 0 Å². The molecular formula is C21H19ClFN3O3. The van der Waals surface area contributed by atoms with E-state index in [9.17, 15) is 9.18 Å². The summed E-state index contributed by atoms with van der Waals surface area (Å²) in [6, 6.07) is 11.3. The number of oxime groups is 2. The number of hydrogen-bond acceptors (Lipinski definition) is 5. The van der Waals surface area contributed by atoms with Gasteiger partial charge in [-0.05, 0) is 31.0 Å². The Morgan fingerprint density at radius 2 is 2.00 bits per heavy atom. The molecular weight excluding hydrogens is 397 g/mol. The molecule has 2 rings (SSSR count). The van der Waals surface area contributed by atoms with Crippen LogP contribution in [0.2, 0.25) is 5.02 Å². The third-order valence-electron chi connectivity index (χ3n) is 3.63. The second kappa shape index (κ2) is 10.8. The van der Waals surface area contributed by atoms with E-state index in [1.54, 1.807) is 37.3 Å². The summed E-state index contributed by atoms with van der Waals surface area (Å²) < 4.78 is 13.7. The lowest BCUT2D eigenvalue weighted by Crippen LogP contribution is -2.29. The van der Waals surface area contributed by atoms with Gasteiger partial charge in [0, 0.05) is 23.2 Å². The first kappa shape index (κ1) is 21.9. The van der Waals surface area contributed by atoms with Gasteiger partial charge in [0.05, 0.1) is 5.56 Å². The zero-order valence-corrected chi connectivity index (χ0v) is 16.9. The zero-order valence-electron chi connectivity index (χ0n) is 16.1. The van der Waals surface area contributed by atoms with Crippen molar-refractivity contribution in [1.82, 2.24) is 5.32 Å². The predicted octanol–water partition coefficient (Wildman–Crippen LogP) is 3.52. The van der Waals surface area contributed by atoms with Crippen LogP contribution in [0.15, 0.2) is 52.8 Å². The van der Waals surface area contributed by atoms with Crippen LogP contribution in [-0.2, 0) is 21.1 Å². The van der Waals surface area contributed by atoms with Crippen molar-refractivity contribution in [2.24, 2.45) is 10.3 Å². The zero-order chi connectivity index (χ0) is 21.2. The van der Waals surface area contributed by atoms with Gasteiger partial charge in [0.25, 0.3) is 5.91 Å². The van der Waals surface area contributed by atoms with E-state index >= 15 is 0 Å². The van der Waals surface area contributed by atoms with Crippen molar-refractivity contribution in [1.29, 1.82) is 0 Å². The van der Waals surface area contributed by atoms with Crippen LogP contribution in [0.3, 0.4) is 0 Å². The minimum atomic E-state index is -0.508. The Morgan fingerprint density at radius 1 is 1.24 bits per heavy atom. The molecule has 0 aliphatic rings. The summed E-state index contributed by atoms with van der Waals surface area (Å²) in [5.74, 6) is 4.49. The highest BCUT2D eigenvalue weighted by molar-refractivity contribution is 6.45. The van der Waals surface area contributed by atoms with Crippen LogP contribution in [0.4, 0.5) is 4.39 Å². The van der Waals surface area contributed by atoms with Gasteiger partial charge in [-0.25, -0.2) is 4.39 Å². The summed E-state index contributed by atoms with van der Waals surface area (Å²) in [4.78, 5) is 22.2. The number of likely N-dealkylation sites (N-methyl/N-ethyl adjacent to an activating group) is 1. The van der Waals surface area contributed by atoms with E-state index in [2.05, 4.69) is 27.5 Å². The lowest BCUT2D eigenvalue weighted by molar-refractivity contribution is -0.114. The van der Waals surface area contributed by atoms with Crippen LogP contribution in [0, 0.1) is 17.7 Å². The minimum absolute atomic E-state index is 0.0736. The topological polar surface area (TPSA) is 72.3 Å². The summed E-state index contributed by atoms with van der Waals surface area (Å²) in [6.45, 7) is 1.71. The molecule has 0 aromatic heterocycles. The summed E-state index contributed by atoms with van der Waals surface area (Å²) >= 11 is 5.72. The van der Waals surface area contributed by atoms with Gasteiger partial charge in [0.1, 0.15) is 25.2 Å². The molecule has 6 nitrogen and oxygen atoms in total. The SMILES string of the molecule is CNC(=O)/C(=N/OC)c1ccccc1CO/N=C(\C)C#Cc1ccc(Cl)cc1F. The van der Waals surface area contributed by atoms with Crippen LogP contribution in [0.5, 0.6) is 0 Å². The van der Waals surface area contributed by atoms with Crippen molar-refractivity contribution in [3.8, 4) is 11.8 Å². The normalized spacial score (nSPS) is 11.3. The van der Waals surface area contributed by atoms with Crippen LogP contribution < -0.4 is 5.32 Å². The molecule has 1 amide bonds. The highest BCUT2D eigenvalue weighted by atomic mass is 35.5. The Kier molecular flexibility index (Phi) is 8.19. The smallest absolute Gasteiger partial charge is 0.273 e. The minimum Gasteiger partial charge on any atom is -0.398 e. The van der Waals surface area contributed by atoms with E-state index in [1.807, 2.05) is 0 Å². The van der Waals surface area contributed by atoms with Crippen molar-refractivity contribution in [2.45, 2.75) is 13.5 Å². The first-order valence-electron chi connectivity index (χ1n) is 8.51. The lowest BCUT2D eigenvalue weighted by Gasteiger charge is -2.09. The third-order valence-corrected chi connectivity index (χ3v) is 3.86. The summed E-state index contributed by atoms with van der Waals surface area (Å²) in [5.41, 5.74) is 1.91. The fraction of sp³-hybridized carbons (Fsp3) is 0.190. The molecule has 2 aromatic carbocycles. The van der Waals surface area contributed by atoms with E-state index in [4.69, 9.17) is 21.3 Å². The molecule has 0 saturated heterocycles. The van der Waals surface area contributed by atoms with Crippen molar-refractivity contribution in [3.05, 3.63) is 70.0 Å². The molecule has 0 spiro atoms. The highest BCUT2D eigenvalue weighted by Crippen LogP contribution is 2.14. The molecule has 29 heavy (non-hydrogen) atoms. The van der Waals surface area contributed by atoms with E-state index in [0.717, 1.165) is 0 Å². The molecule has 150 valence electrons. The van der Waals surface area contributed by atoms with Crippen molar-refractivity contribution in [2.75, 3.05) is 14.2 Å². The summed E-state index contributed by atoms with van der Waals surface area (Å²) in [5, 5.41) is 10.5. The first-order chi connectivity index (χ1) is 14.0. The number of nitrogens with one attached hydrogen (secondary N) is 1. The molecule has 0 fully saturated rings. The molecule has 0 aliphatic carbocycles. The van der Waals surface area contributed by atoms with E-state index < -0.39 is 11.7 Å². The van der Waals surface area contributed by atoms with Crippen LogP contribution in [0.1, 0.15) is 23.6 Å². The number of amides is 1. The third kappa shape index (κ3) is 6.33. The number of nitrogens with zero attached hydrogens (tertiary/aromatic N) is 2. The van der Waals surface area contributed by atoms with E-state index in [-0.39, 0.29) is 17.9 Å². The fourth-order valence-corrected chi connectivity index (χ4v) is 2.43. The monoisotopic (exact) mass is 415 g/mol. The fourth-order valence-electron chi connectivity index (χ4n) is 2.27. The van der Waals surface area contributed by atoms with Crippen molar-refractivity contribution < 1.29 is 18.9 Å². The molecule has 0 bridgehead atoms. The van der Waals surface area contributed by atoms with Crippen molar-refractivity contribution in [3.63, 3.8) is 0 Å². The van der Waals surface area contributed by atoms with Gasteiger partial charge in [-0.1, -0.05) is 52.1 Å². The molecule has 0 heterocycles. The molecule has 2 aromatic rings. The Hall–Kier alpha value is -3.37. The van der Waals surface area contributed by atoms with Crippen molar-refractivity contribution >= 4 is 28.9 Å². The second-order valence-electron chi connectivity index (χ2n) is 5.68. The number of halogens is 2. The van der Waals surface area contributed by atoms with Gasteiger partial charge in [0.15, 0.2) is 5.71 Å². The number of carbonyl (C=O) groups excluding carboxylic acids is 1. The molecule has 0 atom stereocenters. The average molecular weight is 416 g/mol. The maximum absolute atomic E-state index is 13.7. The molecule has 8 heteroatoms. The quantitative estimate of drug-likeness (QED) is 0.445. The Balaban J connectivity index is 2.14. The van der Waals surface area contributed by atoms with Gasteiger partial charge in [-0.3, -0.25) is 4.79 Å². The van der Waals surface area contributed by atoms with Gasteiger partial charge in [-0.15, -0.1) is 0 Å². The van der Waals surface area contributed by atoms with Crippen LogP contribution >= 0.6 is 11.6 Å². The van der Waals surface area contributed by atoms with Gasteiger partial charge in [-0.2, -0.15) is 0 Å². The molecule has 0 aliphatic heterocycles.